The molecule has 5 nitrogen and oxygen atoms in total. The fourth-order valence-corrected chi connectivity index (χ4v) is 3.71. The van der Waals surface area contributed by atoms with E-state index in [-0.39, 0.29) is 17.2 Å². The van der Waals surface area contributed by atoms with Crippen LogP contribution < -0.4 is 14.2 Å². The molecular formula is C31H34ClFO5. The molecule has 7 heteroatoms. The third-order valence-electron chi connectivity index (χ3n) is 5.96. The molecule has 0 fully saturated rings. The maximum atomic E-state index is 14.4. The first-order valence-electron chi connectivity index (χ1n) is 13.0. The number of esters is 2. The highest BCUT2D eigenvalue weighted by atomic mass is 35.5. The van der Waals surface area contributed by atoms with E-state index in [1.807, 2.05) is 36.4 Å². The predicted molar refractivity (Wildman–Crippen MR) is 148 cm³/mol. The Balaban J connectivity index is 1.54. The Bertz CT molecular complexity index is 1190. The zero-order valence-electron chi connectivity index (χ0n) is 22.0. The molecule has 0 bridgehead atoms. The zero-order valence-corrected chi connectivity index (χ0v) is 22.8. The molecule has 38 heavy (non-hydrogen) atoms. The van der Waals surface area contributed by atoms with Gasteiger partial charge in [-0.2, -0.15) is 0 Å². The Hall–Kier alpha value is -3.38. The minimum Gasteiger partial charge on any atom is -0.494 e. The Morgan fingerprint density at radius 2 is 1.42 bits per heavy atom. The van der Waals surface area contributed by atoms with Gasteiger partial charge in [0.15, 0.2) is 11.6 Å². The van der Waals surface area contributed by atoms with Crippen LogP contribution in [0, 0.1) is 11.7 Å². The normalized spacial score (nSPS) is 11.7. The largest absolute Gasteiger partial charge is 0.494 e. The van der Waals surface area contributed by atoms with Crippen molar-refractivity contribution < 1.29 is 28.2 Å². The van der Waals surface area contributed by atoms with Crippen molar-refractivity contribution in [3.8, 4) is 28.4 Å². The molecule has 3 aromatic rings. The molecule has 1 atom stereocenters. The number of hydrogen-bond donors (Lipinski definition) is 0. The van der Waals surface area contributed by atoms with Crippen LogP contribution in [-0.4, -0.2) is 23.9 Å². The highest BCUT2D eigenvalue weighted by Gasteiger charge is 2.23. The van der Waals surface area contributed by atoms with Gasteiger partial charge in [-0.15, -0.1) is 11.6 Å². The second kappa shape index (κ2) is 14.5. The first kappa shape index (κ1) is 29.2. The lowest BCUT2D eigenvalue weighted by Gasteiger charge is -2.13. The molecule has 1 unspecified atom stereocenters. The summed E-state index contributed by atoms with van der Waals surface area (Å²) in [5, 5.41) is -0.904. The first-order valence-corrected chi connectivity index (χ1v) is 13.4. The number of alkyl halides is 1. The van der Waals surface area contributed by atoms with E-state index in [0.717, 1.165) is 29.4 Å². The van der Waals surface area contributed by atoms with E-state index in [4.69, 9.17) is 25.8 Å². The molecule has 0 saturated carbocycles. The zero-order chi connectivity index (χ0) is 27.5. The summed E-state index contributed by atoms with van der Waals surface area (Å²) in [6.45, 7) is 6.42. The lowest BCUT2D eigenvalue weighted by molar-refractivity contribution is -0.134. The van der Waals surface area contributed by atoms with Crippen molar-refractivity contribution in [2.45, 2.75) is 58.3 Å². The van der Waals surface area contributed by atoms with Crippen LogP contribution in [0.2, 0.25) is 0 Å². The van der Waals surface area contributed by atoms with Gasteiger partial charge >= 0.3 is 11.9 Å². The van der Waals surface area contributed by atoms with Gasteiger partial charge in [0.2, 0.25) is 0 Å². The SMILES string of the molecule is CCCCCCCOc1ccc(-c2ccc(OC(=O)c3ccc(OC(=O)C(Cl)C(C)C)c(F)c3)cc2)cc1. The number of rotatable bonds is 13. The molecule has 0 aromatic heterocycles. The van der Waals surface area contributed by atoms with Crippen molar-refractivity contribution in [1.82, 2.24) is 0 Å². The van der Waals surface area contributed by atoms with E-state index in [9.17, 15) is 14.0 Å². The molecule has 0 saturated heterocycles. The van der Waals surface area contributed by atoms with Crippen molar-refractivity contribution >= 4 is 23.5 Å². The minimum atomic E-state index is -0.904. The highest BCUT2D eigenvalue weighted by Crippen LogP contribution is 2.26. The number of benzene rings is 3. The van der Waals surface area contributed by atoms with Gasteiger partial charge in [0.25, 0.3) is 0 Å². The van der Waals surface area contributed by atoms with E-state index < -0.39 is 23.1 Å². The van der Waals surface area contributed by atoms with Crippen LogP contribution in [0.25, 0.3) is 11.1 Å². The average molecular weight is 541 g/mol. The van der Waals surface area contributed by atoms with Crippen LogP contribution in [-0.2, 0) is 4.79 Å². The summed E-state index contributed by atoms with van der Waals surface area (Å²) in [7, 11) is 0. The smallest absolute Gasteiger partial charge is 0.343 e. The predicted octanol–water partition coefficient (Wildman–Crippen LogP) is 8.23. The molecule has 0 aliphatic rings. The molecule has 0 aliphatic heterocycles. The van der Waals surface area contributed by atoms with E-state index in [1.165, 1.54) is 37.8 Å². The number of ether oxygens (including phenoxy) is 3. The lowest BCUT2D eigenvalue weighted by atomic mass is 10.1. The van der Waals surface area contributed by atoms with Gasteiger partial charge in [0, 0.05) is 0 Å². The third-order valence-corrected chi connectivity index (χ3v) is 6.64. The molecule has 0 radical (unpaired) electrons. The summed E-state index contributed by atoms with van der Waals surface area (Å²) in [4.78, 5) is 24.5. The second-order valence-corrected chi connectivity index (χ2v) is 9.88. The number of carbonyl (C=O) groups is 2. The fraction of sp³-hybridized carbons (Fsp3) is 0.355. The van der Waals surface area contributed by atoms with Crippen molar-refractivity contribution in [3.05, 3.63) is 78.1 Å². The fourth-order valence-electron chi connectivity index (χ4n) is 3.67. The monoisotopic (exact) mass is 540 g/mol. The van der Waals surface area contributed by atoms with E-state index in [0.29, 0.717) is 12.4 Å². The third kappa shape index (κ3) is 8.59. The van der Waals surface area contributed by atoms with E-state index in [2.05, 4.69) is 6.92 Å². The summed E-state index contributed by atoms with van der Waals surface area (Å²) in [5.41, 5.74) is 1.94. The summed E-state index contributed by atoms with van der Waals surface area (Å²) in [6, 6.07) is 18.4. The Kier molecular flexibility index (Phi) is 11.2. The second-order valence-electron chi connectivity index (χ2n) is 9.41. The average Bonchev–Trinajstić information content (AvgIpc) is 2.92. The lowest BCUT2D eigenvalue weighted by Crippen LogP contribution is -2.25. The van der Waals surface area contributed by atoms with Crippen molar-refractivity contribution in [3.63, 3.8) is 0 Å². The number of carbonyl (C=O) groups excluding carboxylic acids is 2. The van der Waals surface area contributed by atoms with Gasteiger partial charge in [0.05, 0.1) is 12.2 Å². The summed E-state index contributed by atoms with van der Waals surface area (Å²) < 4.78 is 30.7. The van der Waals surface area contributed by atoms with Gasteiger partial charge in [-0.25, -0.2) is 9.18 Å². The topological polar surface area (TPSA) is 61.8 Å². The van der Waals surface area contributed by atoms with Crippen molar-refractivity contribution in [2.24, 2.45) is 5.92 Å². The Labute approximate surface area is 228 Å². The van der Waals surface area contributed by atoms with Crippen LogP contribution >= 0.6 is 11.6 Å². The minimum absolute atomic E-state index is 0.0152. The van der Waals surface area contributed by atoms with Crippen molar-refractivity contribution in [2.75, 3.05) is 6.61 Å². The van der Waals surface area contributed by atoms with E-state index in [1.54, 1.807) is 26.0 Å². The van der Waals surface area contributed by atoms with Crippen LogP contribution in [0.3, 0.4) is 0 Å². The summed E-state index contributed by atoms with van der Waals surface area (Å²) in [5.74, 6) is -1.66. The number of unbranched alkanes of at least 4 members (excludes halogenated alkanes) is 4. The van der Waals surface area contributed by atoms with Crippen LogP contribution in [0.15, 0.2) is 66.7 Å². The first-order chi connectivity index (χ1) is 18.3. The molecule has 0 aliphatic carbocycles. The standard InChI is InChI=1S/C31H34ClFO5/c1-4-5-6-7-8-19-36-25-14-9-22(10-15-25)23-11-16-26(17-12-23)37-30(34)24-13-18-28(27(33)20-24)38-31(35)29(32)21(2)3/h9-18,20-21,29H,4-8,19H2,1-3H3. The summed E-state index contributed by atoms with van der Waals surface area (Å²) in [6.07, 6.45) is 5.99. The van der Waals surface area contributed by atoms with Gasteiger partial charge < -0.3 is 14.2 Å². The van der Waals surface area contributed by atoms with Gasteiger partial charge in [-0.1, -0.05) is 70.7 Å². The van der Waals surface area contributed by atoms with Gasteiger partial charge in [0.1, 0.15) is 16.9 Å². The Morgan fingerprint density at radius 3 is 2.00 bits per heavy atom. The van der Waals surface area contributed by atoms with Gasteiger partial charge in [-0.05, 0) is 65.9 Å². The molecule has 3 rings (SSSR count). The molecule has 0 amide bonds. The highest BCUT2D eigenvalue weighted by molar-refractivity contribution is 6.30. The number of halogens is 2. The molecule has 202 valence electrons. The van der Waals surface area contributed by atoms with Crippen LogP contribution in [0.4, 0.5) is 4.39 Å². The van der Waals surface area contributed by atoms with Crippen molar-refractivity contribution in [1.29, 1.82) is 0 Å². The molecule has 3 aromatic carbocycles. The quantitative estimate of drug-likeness (QED) is 0.0945. The maximum Gasteiger partial charge on any atom is 0.343 e. The maximum absolute atomic E-state index is 14.4. The molecular weight excluding hydrogens is 507 g/mol. The molecule has 0 N–H and O–H groups in total. The number of hydrogen-bond acceptors (Lipinski definition) is 5. The summed E-state index contributed by atoms with van der Waals surface area (Å²) >= 11 is 5.96. The van der Waals surface area contributed by atoms with E-state index >= 15 is 0 Å². The van der Waals surface area contributed by atoms with Crippen LogP contribution in [0.5, 0.6) is 17.2 Å². The van der Waals surface area contributed by atoms with Gasteiger partial charge in [-0.3, -0.25) is 4.79 Å². The molecule has 0 spiro atoms. The Morgan fingerprint density at radius 1 is 0.816 bits per heavy atom. The molecule has 0 heterocycles. The van der Waals surface area contributed by atoms with Crippen LogP contribution in [0.1, 0.15) is 63.2 Å².